The quantitative estimate of drug-likeness (QED) is 0.576. The van der Waals surface area contributed by atoms with Crippen molar-refractivity contribution in [2.75, 3.05) is 17.2 Å². The van der Waals surface area contributed by atoms with Crippen molar-refractivity contribution in [3.63, 3.8) is 0 Å². The van der Waals surface area contributed by atoms with Crippen LogP contribution in [-0.2, 0) is 0 Å². The summed E-state index contributed by atoms with van der Waals surface area (Å²) in [4.78, 5) is 16.0. The molecule has 124 valence electrons. The van der Waals surface area contributed by atoms with Crippen LogP contribution >= 0.6 is 0 Å². The van der Waals surface area contributed by atoms with Crippen molar-refractivity contribution in [1.82, 2.24) is 19.7 Å². The van der Waals surface area contributed by atoms with Gasteiger partial charge in [0.05, 0.1) is 18.8 Å². The van der Waals surface area contributed by atoms with E-state index < -0.39 is 0 Å². The lowest BCUT2D eigenvalue weighted by molar-refractivity contribution is 0.248. The van der Waals surface area contributed by atoms with Crippen LogP contribution in [0.15, 0.2) is 48.9 Å². The molecule has 1 aromatic carbocycles. The minimum absolute atomic E-state index is 0.0374. The fourth-order valence-electron chi connectivity index (χ4n) is 2.47. The van der Waals surface area contributed by atoms with Gasteiger partial charge in [0.25, 0.3) is 0 Å². The minimum atomic E-state index is -0.365. The molecular weight excluding hydrogens is 308 g/mol. The highest BCUT2D eigenvalue weighted by Crippen LogP contribution is 2.21. The molecule has 3 rings (SSSR count). The number of urea groups is 1. The summed E-state index contributed by atoms with van der Waals surface area (Å²) < 4.78 is 1.91. The molecule has 24 heavy (non-hydrogen) atoms. The monoisotopic (exact) mass is 326 g/mol. The van der Waals surface area contributed by atoms with Gasteiger partial charge in [0.1, 0.15) is 11.6 Å². The number of nitrogens with one attached hydrogen (secondary N) is 3. The van der Waals surface area contributed by atoms with Crippen molar-refractivity contribution < 1.29 is 9.90 Å². The molecule has 2 amide bonds. The third-order valence-electron chi connectivity index (χ3n) is 3.67. The van der Waals surface area contributed by atoms with E-state index in [0.717, 1.165) is 11.4 Å². The van der Waals surface area contributed by atoms with Crippen LogP contribution in [0.5, 0.6) is 0 Å². The minimum Gasteiger partial charge on any atom is -0.394 e. The van der Waals surface area contributed by atoms with Gasteiger partial charge in [-0.2, -0.15) is 5.10 Å². The predicted molar refractivity (Wildman–Crippen MR) is 89.9 cm³/mol. The summed E-state index contributed by atoms with van der Waals surface area (Å²) in [6, 6.07) is 8.39. The van der Waals surface area contributed by atoms with Crippen LogP contribution in [0, 0.1) is 6.92 Å². The molecular formula is C16H18N6O2. The highest BCUT2D eigenvalue weighted by molar-refractivity contribution is 5.99. The maximum atomic E-state index is 11.9. The van der Waals surface area contributed by atoms with Crippen LogP contribution in [0.25, 0.3) is 0 Å². The number of anilines is 2. The average molecular weight is 326 g/mol. The molecule has 0 unspecified atom stereocenters. The molecule has 0 bridgehead atoms. The van der Waals surface area contributed by atoms with Gasteiger partial charge >= 0.3 is 6.03 Å². The van der Waals surface area contributed by atoms with Crippen molar-refractivity contribution in [3.05, 3.63) is 60.3 Å². The number of amides is 2. The number of benzene rings is 1. The predicted octanol–water partition coefficient (Wildman–Crippen LogP) is 2.14. The average Bonchev–Trinajstić information content (AvgIpc) is 3.22. The largest absolute Gasteiger partial charge is 0.394 e. The lowest BCUT2D eigenvalue weighted by Crippen LogP contribution is -2.20. The van der Waals surface area contributed by atoms with Gasteiger partial charge in [-0.05, 0) is 24.6 Å². The normalized spacial score (nSPS) is 11.9. The second-order valence-electron chi connectivity index (χ2n) is 5.25. The number of aromatic amines is 1. The summed E-state index contributed by atoms with van der Waals surface area (Å²) >= 11 is 0. The fraction of sp³-hybridized carbons (Fsp3) is 0.188. The van der Waals surface area contributed by atoms with E-state index in [4.69, 9.17) is 0 Å². The Morgan fingerprint density at radius 1 is 1.25 bits per heavy atom. The number of aliphatic hydroxyl groups excluding tert-OH is 1. The van der Waals surface area contributed by atoms with E-state index >= 15 is 0 Å². The number of nitrogens with zero attached hydrogens (tertiary/aromatic N) is 3. The summed E-state index contributed by atoms with van der Waals surface area (Å²) in [5, 5.41) is 21.5. The molecule has 0 aliphatic heterocycles. The Hall–Kier alpha value is -3.13. The Bertz CT molecular complexity index is 794. The zero-order valence-electron chi connectivity index (χ0n) is 13.1. The molecule has 3 aromatic rings. The highest BCUT2D eigenvalue weighted by Gasteiger charge is 2.14. The summed E-state index contributed by atoms with van der Waals surface area (Å²) in [7, 11) is 0. The van der Waals surface area contributed by atoms with Gasteiger partial charge < -0.3 is 15.0 Å². The third-order valence-corrected chi connectivity index (χ3v) is 3.67. The number of hydrogen-bond donors (Lipinski definition) is 4. The molecule has 0 aliphatic carbocycles. The molecule has 4 N–H and O–H groups in total. The van der Waals surface area contributed by atoms with Crippen molar-refractivity contribution in [2.24, 2.45) is 0 Å². The number of aryl methyl sites for hydroxylation is 1. The van der Waals surface area contributed by atoms with Crippen LogP contribution in [0.1, 0.15) is 17.4 Å². The van der Waals surface area contributed by atoms with E-state index in [0.29, 0.717) is 11.5 Å². The SMILES string of the molecule is Cc1nccn1[C@@H](CO)c1ccc(NC(=O)Nc2ccn[nH]2)cc1. The molecule has 2 heterocycles. The number of hydrogen-bond acceptors (Lipinski definition) is 4. The lowest BCUT2D eigenvalue weighted by atomic mass is 10.1. The molecule has 1 atom stereocenters. The van der Waals surface area contributed by atoms with Gasteiger partial charge in [0.2, 0.25) is 0 Å². The lowest BCUT2D eigenvalue weighted by Gasteiger charge is -2.18. The highest BCUT2D eigenvalue weighted by atomic mass is 16.3. The molecule has 8 heteroatoms. The topological polar surface area (TPSA) is 108 Å². The first-order valence-electron chi connectivity index (χ1n) is 7.45. The zero-order valence-corrected chi connectivity index (χ0v) is 13.1. The van der Waals surface area contributed by atoms with Crippen LogP contribution in [0.2, 0.25) is 0 Å². The summed E-state index contributed by atoms with van der Waals surface area (Å²) in [6.45, 7) is 1.85. The molecule has 0 saturated heterocycles. The second-order valence-corrected chi connectivity index (χ2v) is 5.25. The van der Waals surface area contributed by atoms with Crippen molar-refractivity contribution in [1.29, 1.82) is 0 Å². The number of H-pyrrole nitrogens is 1. The van der Waals surface area contributed by atoms with Gasteiger partial charge in [0, 0.05) is 24.1 Å². The maximum Gasteiger partial charge on any atom is 0.324 e. The molecule has 0 radical (unpaired) electrons. The standard InChI is InChI=1S/C16H18N6O2/c1-11-17-8-9-22(11)14(10-23)12-2-4-13(5-3-12)19-16(24)20-15-6-7-18-21-15/h2-9,14,23H,10H2,1H3,(H3,18,19,20,21,24)/t14-/m0/s1. The van der Waals surface area contributed by atoms with Crippen LogP contribution in [0.3, 0.4) is 0 Å². The summed E-state index contributed by atoms with van der Waals surface area (Å²) in [6.07, 6.45) is 5.09. The van der Waals surface area contributed by atoms with Crippen LogP contribution in [-0.4, -0.2) is 37.5 Å². The number of carbonyl (C=O) groups excluding carboxylic acids is 1. The molecule has 0 aliphatic rings. The number of imidazole rings is 1. The van der Waals surface area contributed by atoms with E-state index in [-0.39, 0.29) is 18.7 Å². The van der Waals surface area contributed by atoms with Crippen LogP contribution in [0.4, 0.5) is 16.3 Å². The first-order chi connectivity index (χ1) is 11.7. The van der Waals surface area contributed by atoms with Gasteiger partial charge in [-0.3, -0.25) is 10.4 Å². The van der Waals surface area contributed by atoms with E-state index in [1.807, 2.05) is 29.8 Å². The second kappa shape index (κ2) is 6.97. The van der Waals surface area contributed by atoms with Crippen molar-refractivity contribution >= 4 is 17.5 Å². The molecule has 8 nitrogen and oxygen atoms in total. The Morgan fingerprint density at radius 3 is 2.62 bits per heavy atom. The molecule has 0 saturated carbocycles. The first-order valence-corrected chi connectivity index (χ1v) is 7.45. The zero-order chi connectivity index (χ0) is 16.9. The van der Waals surface area contributed by atoms with Crippen molar-refractivity contribution in [3.8, 4) is 0 Å². The Kier molecular flexibility index (Phi) is 4.57. The number of carbonyl (C=O) groups is 1. The molecule has 0 fully saturated rings. The van der Waals surface area contributed by atoms with Crippen LogP contribution < -0.4 is 10.6 Å². The Balaban J connectivity index is 1.68. The smallest absolute Gasteiger partial charge is 0.324 e. The summed E-state index contributed by atoms with van der Waals surface area (Å²) in [5.74, 6) is 1.34. The molecule has 0 spiro atoms. The number of rotatable bonds is 5. The number of aromatic nitrogens is 4. The number of aliphatic hydroxyl groups is 1. The van der Waals surface area contributed by atoms with Gasteiger partial charge in [-0.15, -0.1) is 0 Å². The van der Waals surface area contributed by atoms with Gasteiger partial charge in [-0.1, -0.05) is 12.1 Å². The van der Waals surface area contributed by atoms with E-state index in [1.165, 1.54) is 0 Å². The third kappa shape index (κ3) is 3.44. The summed E-state index contributed by atoms with van der Waals surface area (Å²) in [5.41, 5.74) is 1.58. The van der Waals surface area contributed by atoms with E-state index in [2.05, 4.69) is 25.8 Å². The first kappa shape index (κ1) is 15.8. The Morgan fingerprint density at radius 2 is 2.04 bits per heavy atom. The van der Waals surface area contributed by atoms with Gasteiger partial charge in [0.15, 0.2) is 0 Å². The molecule has 2 aromatic heterocycles. The van der Waals surface area contributed by atoms with Crippen molar-refractivity contribution in [2.45, 2.75) is 13.0 Å². The van der Waals surface area contributed by atoms with E-state index in [9.17, 15) is 9.90 Å². The maximum absolute atomic E-state index is 11.9. The van der Waals surface area contributed by atoms with Gasteiger partial charge in [-0.25, -0.2) is 9.78 Å². The Labute approximate surface area is 138 Å². The van der Waals surface area contributed by atoms with E-state index in [1.54, 1.807) is 30.6 Å². The fourth-order valence-corrected chi connectivity index (χ4v) is 2.47.